The molecule has 1 heterocycles. The molecule has 0 aliphatic heterocycles. The average molecular weight is 388 g/mol. The molecule has 6 nitrogen and oxygen atoms in total. The highest BCUT2D eigenvalue weighted by Gasteiger charge is 2.20. The van der Waals surface area contributed by atoms with Gasteiger partial charge in [-0.05, 0) is 34.1 Å². The van der Waals surface area contributed by atoms with Crippen LogP contribution in [0, 0.1) is 0 Å². The summed E-state index contributed by atoms with van der Waals surface area (Å²) in [4.78, 5) is 24.5. The van der Waals surface area contributed by atoms with Crippen LogP contribution in [0.15, 0.2) is 53.0 Å². The van der Waals surface area contributed by atoms with Crippen LogP contribution in [0.2, 0.25) is 0 Å². The topological polar surface area (TPSA) is 83.4 Å². The normalized spacial score (nSPS) is 10.6. The maximum atomic E-state index is 12.4. The number of carbonyl (C=O) groups is 2. The quantitative estimate of drug-likeness (QED) is 0.591. The molecular weight excluding hydrogens is 374 g/mol. The highest BCUT2D eigenvalue weighted by molar-refractivity contribution is 9.10. The number of fused-ring (bicyclic) bond motifs is 1. The second-order valence-corrected chi connectivity index (χ2v) is 5.96. The van der Waals surface area contributed by atoms with Gasteiger partial charge in [0.15, 0.2) is 0 Å². The highest BCUT2D eigenvalue weighted by Crippen LogP contribution is 2.29. The number of hydrazine groups is 1. The van der Waals surface area contributed by atoms with Gasteiger partial charge in [0.2, 0.25) is 0 Å². The molecule has 0 fully saturated rings. The zero-order valence-electron chi connectivity index (χ0n) is 12.7. The molecule has 3 rings (SSSR count). The number of rotatable bonds is 2. The van der Waals surface area contributed by atoms with E-state index >= 15 is 0 Å². The number of halogens is 1. The van der Waals surface area contributed by atoms with Crippen molar-refractivity contribution < 1.29 is 14.7 Å². The van der Waals surface area contributed by atoms with E-state index in [1.165, 1.54) is 12.1 Å². The van der Waals surface area contributed by atoms with E-state index in [0.717, 1.165) is 10.9 Å². The molecule has 7 heteroatoms. The van der Waals surface area contributed by atoms with E-state index in [0.29, 0.717) is 10.2 Å². The molecule has 0 aliphatic carbocycles. The number of aryl methyl sites for hydroxylation is 1. The number of amides is 2. The lowest BCUT2D eigenvalue weighted by atomic mass is 10.2. The van der Waals surface area contributed by atoms with Crippen LogP contribution < -0.4 is 10.9 Å². The second-order valence-electron chi connectivity index (χ2n) is 5.16. The van der Waals surface area contributed by atoms with E-state index in [2.05, 4.69) is 26.8 Å². The molecule has 0 radical (unpaired) electrons. The Kier molecular flexibility index (Phi) is 4.26. The molecule has 0 unspecified atom stereocenters. The number of nitrogens with one attached hydrogen (secondary N) is 2. The number of para-hydroxylation sites is 2. The summed E-state index contributed by atoms with van der Waals surface area (Å²) in [5.41, 5.74) is 6.02. The van der Waals surface area contributed by atoms with E-state index < -0.39 is 11.8 Å². The molecule has 0 atom stereocenters. The molecule has 0 aliphatic rings. The first-order chi connectivity index (χ1) is 11.5. The van der Waals surface area contributed by atoms with Crippen LogP contribution in [0.25, 0.3) is 10.9 Å². The zero-order valence-corrected chi connectivity index (χ0v) is 14.3. The summed E-state index contributed by atoms with van der Waals surface area (Å²) in [6.07, 6.45) is 0. The van der Waals surface area contributed by atoms with Gasteiger partial charge in [-0.25, -0.2) is 0 Å². The number of phenols is 1. The average Bonchev–Trinajstić information content (AvgIpc) is 2.84. The van der Waals surface area contributed by atoms with Gasteiger partial charge in [-0.1, -0.05) is 30.3 Å². The van der Waals surface area contributed by atoms with Gasteiger partial charge in [-0.15, -0.1) is 0 Å². The summed E-state index contributed by atoms with van der Waals surface area (Å²) in [6, 6.07) is 13.7. The van der Waals surface area contributed by atoms with Gasteiger partial charge in [-0.3, -0.25) is 20.4 Å². The number of hydrogen-bond donors (Lipinski definition) is 3. The molecule has 1 aromatic heterocycles. The molecule has 2 amide bonds. The Morgan fingerprint density at radius 2 is 1.62 bits per heavy atom. The van der Waals surface area contributed by atoms with E-state index in [4.69, 9.17) is 0 Å². The lowest BCUT2D eigenvalue weighted by molar-refractivity contribution is 0.0840. The van der Waals surface area contributed by atoms with Crippen molar-refractivity contribution in [1.82, 2.24) is 15.4 Å². The Bertz CT molecular complexity index is 910. The van der Waals surface area contributed by atoms with Crippen molar-refractivity contribution in [2.45, 2.75) is 0 Å². The van der Waals surface area contributed by atoms with Crippen molar-refractivity contribution >= 4 is 38.6 Å². The minimum absolute atomic E-state index is 0.0777. The van der Waals surface area contributed by atoms with Crippen LogP contribution in [0.1, 0.15) is 20.8 Å². The predicted molar refractivity (Wildman–Crippen MR) is 93.7 cm³/mol. The lowest BCUT2D eigenvalue weighted by Crippen LogP contribution is -2.42. The standard InChI is InChI=1S/C17H14BrN3O3/c1-21-12-8-4-2-6-10(12)14(18)15(21)17(24)20-19-16(23)11-7-3-5-9-13(11)22/h2-9,22H,1H3,(H,19,23)(H,20,24). The second kappa shape index (κ2) is 6.37. The third-order valence-corrected chi connectivity index (χ3v) is 4.50. The van der Waals surface area contributed by atoms with Crippen LogP contribution in [0.5, 0.6) is 5.75 Å². The minimum Gasteiger partial charge on any atom is -0.507 e. The Labute approximate surface area is 146 Å². The maximum Gasteiger partial charge on any atom is 0.287 e. The molecular formula is C17H14BrN3O3. The third-order valence-electron chi connectivity index (χ3n) is 3.70. The Hall–Kier alpha value is -2.80. The van der Waals surface area contributed by atoms with Crippen LogP contribution >= 0.6 is 15.9 Å². The first kappa shape index (κ1) is 16.1. The maximum absolute atomic E-state index is 12.4. The number of aromatic hydroxyl groups is 1. The lowest BCUT2D eigenvalue weighted by Gasteiger charge is -2.09. The summed E-state index contributed by atoms with van der Waals surface area (Å²) < 4.78 is 2.39. The number of aromatic nitrogens is 1. The molecule has 3 aromatic rings. The smallest absolute Gasteiger partial charge is 0.287 e. The van der Waals surface area contributed by atoms with Crippen molar-refractivity contribution in [3.63, 3.8) is 0 Å². The number of carbonyl (C=O) groups excluding carboxylic acids is 2. The van der Waals surface area contributed by atoms with Crippen molar-refractivity contribution in [3.8, 4) is 5.75 Å². The van der Waals surface area contributed by atoms with Crippen molar-refractivity contribution in [3.05, 3.63) is 64.3 Å². The van der Waals surface area contributed by atoms with Gasteiger partial charge >= 0.3 is 0 Å². The molecule has 2 aromatic carbocycles. The predicted octanol–water partition coefficient (Wildman–Crippen LogP) is 2.72. The fourth-order valence-corrected chi connectivity index (χ4v) is 3.29. The van der Waals surface area contributed by atoms with Crippen LogP contribution in [-0.4, -0.2) is 21.5 Å². The highest BCUT2D eigenvalue weighted by atomic mass is 79.9. The molecule has 122 valence electrons. The molecule has 24 heavy (non-hydrogen) atoms. The van der Waals surface area contributed by atoms with Gasteiger partial charge in [0.1, 0.15) is 11.4 Å². The van der Waals surface area contributed by atoms with E-state index in [1.807, 2.05) is 24.3 Å². The van der Waals surface area contributed by atoms with Crippen LogP contribution in [0.3, 0.4) is 0 Å². The number of hydrogen-bond acceptors (Lipinski definition) is 3. The monoisotopic (exact) mass is 387 g/mol. The van der Waals surface area contributed by atoms with Gasteiger partial charge in [-0.2, -0.15) is 0 Å². The molecule has 0 saturated carbocycles. The van der Waals surface area contributed by atoms with Gasteiger partial charge in [0.05, 0.1) is 10.0 Å². The number of nitrogens with zero attached hydrogens (tertiary/aromatic N) is 1. The van der Waals surface area contributed by atoms with E-state index in [1.54, 1.807) is 23.7 Å². The molecule has 0 saturated heterocycles. The zero-order chi connectivity index (χ0) is 17.3. The minimum atomic E-state index is -0.601. The Morgan fingerprint density at radius 1 is 1.00 bits per heavy atom. The fourth-order valence-electron chi connectivity index (χ4n) is 2.50. The Morgan fingerprint density at radius 3 is 2.33 bits per heavy atom. The summed E-state index contributed by atoms with van der Waals surface area (Å²) in [5, 5.41) is 10.6. The van der Waals surface area contributed by atoms with Crippen LogP contribution in [-0.2, 0) is 7.05 Å². The summed E-state index contributed by atoms with van der Waals surface area (Å²) in [7, 11) is 1.77. The summed E-state index contributed by atoms with van der Waals surface area (Å²) in [5.74, 6) is -1.23. The summed E-state index contributed by atoms with van der Waals surface area (Å²) >= 11 is 3.43. The first-order valence-corrected chi connectivity index (χ1v) is 7.91. The molecule has 0 spiro atoms. The third kappa shape index (κ3) is 2.74. The van der Waals surface area contributed by atoms with Crippen molar-refractivity contribution in [2.24, 2.45) is 7.05 Å². The largest absolute Gasteiger partial charge is 0.507 e. The van der Waals surface area contributed by atoms with Gasteiger partial charge in [0, 0.05) is 18.0 Å². The number of benzene rings is 2. The van der Waals surface area contributed by atoms with Crippen LogP contribution in [0.4, 0.5) is 0 Å². The van der Waals surface area contributed by atoms with E-state index in [9.17, 15) is 14.7 Å². The molecule has 0 bridgehead atoms. The SMILES string of the molecule is Cn1c(C(=O)NNC(=O)c2ccccc2O)c(Br)c2ccccc21. The number of phenolic OH excluding ortho intramolecular Hbond substituents is 1. The Balaban J connectivity index is 1.81. The first-order valence-electron chi connectivity index (χ1n) is 7.12. The van der Waals surface area contributed by atoms with Gasteiger partial charge in [0.25, 0.3) is 11.8 Å². The summed E-state index contributed by atoms with van der Waals surface area (Å²) in [6.45, 7) is 0. The fraction of sp³-hybridized carbons (Fsp3) is 0.0588. The van der Waals surface area contributed by atoms with Crippen molar-refractivity contribution in [2.75, 3.05) is 0 Å². The molecule has 3 N–H and O–H groups in total. The van der Waals surface area contributed by atoms with E-state index in [-0.39, 0.29) is 11.3 Å². The van der Waals surface area contributed by atoms with Crippen molar-refractivity contribution in [1.29, 1.82) is 0 Å². The van der Waals surface area contributed by atoms with Gasteiger partial charge < -0.3 is 9.67 Å².